The number of alkyl halides is 3. The second-order valence-electron chi connectivity index (χ2n) is 4.42. The van der Waals surface area contributed by atoms with E-state index in [9.17, 15) is 13.2 Å². The van der Waals surface area contributed by atoms with Crippen molar-refractivity contribution in [3.63, 3.8) is 0 Å². The Hall–Kier alpha value is -2.21. The minimum absolute atomic E-state index is 0.255. The smallest absolute Gasteiger partial charge is 0.326 e. The van der Waals surface area contributed by atoms with Gasteiger partial charge in [-0.15, -0.1) is 0 Å². The van der Waals surface area contributed by atoms with Gasteiger partial charge in [0.25, 0.3) is 0 Å². The number of benzene rings is 2. The number of anilines is 2. The minimum Gasteiger partial charge on any atom is -0.326 e. The summed E-state index contributed by atoms with van der Waals surface area (Å²) in [5, 5.41) is 2.47. The third-order valence-electron chi connectivity index (χ3n) is 2.92. The van der Waals surface area contributed by atoms with E-state index in [2.05, 4.69) is 15.3 Å². The molecule has 1 heterocycles. The second-order valence-corrected chi connectivity index (χ2v) is 4.83. The number of imidazole rings is 1. The molecule has 7 heteroatoms. The molecule has 0 radical (unpaired) electrons. The first kappa shape index (κ1) is 13.8. The fraction of sp³-hybridized carbons (Fsp3) is 0.0714. The predicted molar refractivity (Wildman–Crippen MR) is 75.8 cm³/mol. The van der Waals surface area contributed by atoms with E-state index in [1.54, 1.807) is 6.07 Å². The van der Waals surface area contributed by atoms with Crippen molar-refractivity contribution >= 4 is 34.3 Å². The van der Waals surface area contributed by atoms with Crippen LogP contribution >= 0.6 is 11.6 Å². The summed E-state index contributed by atoms with van der Waals surface area (Å²) in [5.74, 6) is 0.367. The molecule has 2 N–H and O–H groups in total. The number of nitrogens with one attached hydrogen (secondary N) is 2. The lowest BCUT2D eigenvalue weighted by atomic mass is 10.2. The van der Waals surface area contributed by atoms with Crippen LogP contribution in [0.1, 0.15) is 5.56 Å². The number of aromatic amines is 1. The van der Waals surface area contributed by atoms with Crippen LogP contribution < -0.4 is 5.32 Å². The van der Waals surface area contributed by atoms with Gasteiger partial charge in [0, 0.05) is 5.69 Å². The quantitative estimate of drug-likeness (QED) is 0.701. The van der Waals surface area contributed by atoms with Gasteiger partial charge < -0.3 is 10.3 Å². The Morgan fingerprint density at radius 3 is 2.57 bits per heavy atom. The van der Waals surface area contributed by atoms with Gasteiger partial charge in [-0.25, -0.2) is 4.98 Å². The Balaban J connectivity index is 1.94. The van der Waals surface area contributed by atoms with Crippen molar-refractivity contribution in [2.75, 3.05) is 5.32 Å². The average molecular weight is 312 g/mol. The van der Waals surface area contributed by atoms with Crippen molar-refractivity contribution in [1.82, 2.24) is 9.97 Å². The summed E-state index contributed by atoms with van der Waals surface area (Å²) in [6.07, 6.45) is -4.50. The molecule has 0 saturated carbocycles. The normalized spacial score (nSPS) is 11.8. The second kappa shape index (κ2) is 4.96. The Kier molecular flexibility index (Phi) is 3.25. The highest BCUT2D eigenvalue weighted by Gasteiger charge is 2.33. The van der Waals surface area contributed by atoms with Crippen LogP contribution in [0.15, 0.2) is 42.5 Å². The molecule has 0 bridgehead atoms. The van der Waals surface area contributed by atoms with Gasteiger partial charge in [-0.1, -0.05) is 23.7 Å². The molecule has 0 aliphatic rings. The summed E-state index contributed by atoms with van der Waals surface area (Å²) in [4.78, 5) is 7.22. The van der Waals surface area contributed by atoms with Gasteiger partial charge in [0.1, 0.15) is 0 Å². The van der Waals surface area contributed by atoms with Crippen LogP contribution in [0.5, 0.6) is 0 Å². The zero-order valence-electron chi connectivity index (χ0n) is 10.5. The van der Waals surface area contributed by atoms with E-state index in [0.29, 0.717) is 5.95 Å². The van der Waals surface area contributed by atoms with E-state index in [4.69, 9.17) is 11.6 Å². The molecule has 0 aliphatic heterocycles. The van der Waals surface area contributed by atoms with Crippen molar-refractivity contribution in [2.24, 2.45) is 0 Å². The molecule has 0 aliphatic carbocycles. The van der Waals surface area contributed by atoms with Crippen LogP contribution in [-0.4, -0.2) is 9.97 Å². The van der Waals surface area contributed by atoms with E-state index in [1.165, 1.54) is 12.1 Å². The Morgan fingerprint density at radius 2 is 1.86 bits per heavy atom. The van der Waals surface area contributed by atoms with Crippen LogP contribution in [0.4, 0.5) is 24.8 Å². The van der Waals surface area contributed by atoms with E-state index >= 15 is 0 Å². The lowest BCUT2D eigenvalue weighted by molar-refractivity contribution is -0.137. The standard InChI is InChI=1S/C14H9ClF3N3/c15-10-6-5-8(7-9(10)14(16,17)18)19-13-20-11-3-1-2-4-12(11)21-13/h1-7H,(H2,19,20,21). The number of para-hydroxylation sites is 2. The fourth-order valence-corrected chi connectivity index (χ4v) is 2.19. The first-order valence-corrected chi connectivity index (χ1v) is 6.40. The van der Waals surface area contributed by atoms with Crippen molar-refractivity contribution in [2.45, 2.75) is 6.18 Å². The molecular formula is C14H9ClF3N3. The number of nitrogens with zero attached hydrogens (tertiary/aromatic N) is 1. The molecule has 0 atom stereocenters. The predicted octanol–water partition coefficient (Wildman–Crippen LogP) is 4.98. The highest BCUT2D eigenvalue weighted by atomic mass is 35.5. The summed E-state index contributed by atoms with van der Waals surface area (Å²) >= 11 is 5.58. The number of H-pyrrole nitrogens is 1. The molecule has 108 valence electrons. The maximum atomic E-state index is 12.8. The average Bonchev–Trinajstić information content (AvgIpc) is 2.82. The third kappa shape index (κ3) is 2.80. The molecule has 21 heavy (non-hydrogen) atoms. The Morgan fingerprint density at radius 1 is 1.10 bits per heavy atom. The lowest BCUT2D eigenvalue weighted by Gasteiger charge is -2.11. The van der Waals surface area contributed by atoms with Crippen LogP contribution in [0, 0.1) is 0 Å². The third-order valence-corrected chi connectivity index (χ3v) is 3.25. The van der Waals surface area contributed by atoms with E-state index in [-0.39, 0.29) is 10.7 Å². The molecule has 0 amide bonds. The molecule has 0 unspecified atom stereocenters. The van der Waals surface area contributed by atoms with Gasteiger partial charge in [-0.2, -0.15) is 13.2 Å². The Labute approximate surface area is 122 Å². The van der Waals surface area contributed by atoms with E-state index < -0.39 is 11.7 Å². The number of halogens is 4. The molecule has 2 aromatic carbocycles. The first-order chi connectivity index (χ1) is 9.93. The van der Waals surface area contributed by atoms with Crippen LogP contribution in [0.25, 0.3) is 11.0 Å². The van der Waals surface area contributed by atoms with Gasteiger partial charge in [0.05, 0.1) is 21.6 Å². The summed E-state index contributed by atoms with van der Waals surface area (Å²) < 4.78 is 38.4. The highest BCUT2D eigenvalue weighted by molar-refractivity contribution is 6.31. The van der Waals surface area contributed by atoms with Crippen LogP contribution in [0.3, 0.4) is 0 Å². The maximum absolute atomic E-state index is 12.8. The summed E-state index contributed by atoms with van der Waals surface area (Å²) in [5.41, 5.74) is 0.895. The topological polar surface area (TPSA) is 40.7 Å². The molecule has 0 fully saturated rings. The fourth-order valence-electron chi connectivity index (χ4n) is 1.97. The van der Waals surface area contributed by atoms with Gasteiger partial charge >= 0.3 is 6.18 Å². The van der Waals surface area contributed by atoms with Gasteiger partial charge in [-0.3, -0.25) is 0 Å². The van der Waals surface area contributed by atoms with E-state index in [1.807, 2.05) is 18.2 Å². The summed E-state index contributed by atoms with van der Waals surface area (Å²) in [7, 11) is 0. The van der Waals surface area contributed by atoms with E-state index in [0.717, 1.165) is 17.1 Å². The minimum atomic E-state index is -4.50. The zero-order valence-corrected chi connectivity index (χ0v) is 11.3. The number of hydrogen-bond donors (Lipinski definition) is 2. The van der Waals surface area contributed by atoms with Gasteiger partial charge in [0.2, 0.25) is 5.95 Å². The first-order valence-electron chi connectivity index (χ1n) is 6.02. The highest BCUT2D eigenvalue weighted by Crippen LogP contribution is 2.36. The van der Waals surface area contributed by atoms with Crippen molar-refractivity contribution in [3.8, 4) is 0 Å². The molecular weight excluding hydrogens is 303 g/mol. The summed E-state index contributed by atoms with van der Waals surface area (Å²) in [6.45, 7) is 0. The molecule has 1 aromatic heterocycles. The lowest BCUT2D eigenvalue weighted by Crippen LogP contribution is -2.06. The largest absolute Gasteiger partial charge is 0.417 e. The molecule has 3 aromatic rings. The van der Waals surface area contributed by atoms with Crippen molar-refractivity contribution < 1.29 is 13.2 Å². The number of aromatic nitrogens is 2. The Bertz CT molecular complexity index is 763. The molecule has 3 rings (SSSR count). The number of fused-ring (bicyclic) bond motifs is 1. The van der Waals surface area contributed by atoms with Crippen LogP contribution in [0.2, 0.25) is 5.02 Å². The monoisotopic (exact) mass is 311 g/mol. The van der Waals surface area contributed by atoms with Crippen LogP contribution in [-0.2, 0) is 6.18 Å². The summed E-state index contributed by atoms with van der Waals surface area (Å²) in [6, 6.07) is 10.9. The molecule has 0 spiro atoms. The molecule has 0 saturated heterocycles. The van der Waals surface area contributed by atoms with Crippen molar-refractivity contribution in [3.05, 3.63) is 53.1 Å². The zero-order chi connectivity index (χ0) is 15.0. The number of hydrogen-bond acceptors (Lipinski definition) is 2. The van der Waals surface area contributed by atoms with Gasteiger partial charge in [0.15, 0.2) is 0 Å². The molecule has 3 nitrogen and oxygen atoms in total. The van der Waals surface area contributed by atoms with Gasteiger partial charge in [-0.05, 0) is 30.3 Å². The van der Waals surface area contributed by atoms with Crippen molar-refractivity contribution in [1.29, 1.82) is 0 Å². The maximum Gasteiger partial charge on any atom is 0.417 e. The SMILES string of the molecule is FC(F)(F)c1cc(Nc2nc3ccccc3[nH]2)ccc1Cl. The number of rotatable bonds is 2.